The molecule has 1 fully saturated rings. The molecule has 3 rings (SSSR count). The van der Waals surface area contributed by atoms with Gasteiger partial charge in [-0.05, 0) is 45.7 Å². The number of aliphatic imine (C=N–C) groups is 1. The van der Waals surface area contributed by atoms with Crippen LogP contribution in [0.25, 0.3) is 11.5 Å². The second-order valence-corrected chi connectivity index (χ2v) is 7.43. The topological polar surface area (TPSA) is 65.7 Å². The van der Waals surface area contributed by atoms with Gasteiger partial charge < -0.3 is 15.1 Å². The smallest absolute Gasteiger partial charge is 0.226 e. The second-order valence-electron chi connectivity index (χ2n) is 7.43. The molecule has 0 bridgehead atoms. The Bertz CT molecular complexity index is 744. The molecule has 0 atom stereocenters. The molecule has 6 nitrogen and oxygen atoms in total. The Balaban J connectivity index is 1.46. The van der Waals surface area contributed by atoms with Crippen LogP contribution in [-0.4, -0.2) is 48.1 Å². The van der Waals surface area contributed by atoms with Crippen molar-refractivity contribution in [3.05, 3.63) is 41.8 Å². The number of hydrogen-bond donors (Lipinski definition) is 2. The van der Waals surface area contributed by atoms with Crippen molar-refractivity contribution < 1.29 is 4.42 Å². The maximum absolute atomic E-state index is 5.61. The summed E-state index contributed by atoms with van der Waals surface area (Å²) in [6, 6.07) is 9.54. The lowest BCUT2D eigenvalue weighted by atomic mass is 10.1. The van der Waals surface area contributed by atoms with Crippen LogP contribution in [0.15, 0.2) is 39.9 Å². The fraction of sp³-hybridized carbons (Fsp3) is 0.524. The number of nitrogens with zero attached hydrogens (tertiary/aromatic N) is 3. The van der Waals surface area contributed by atoms with E-state index in [1.165, 1.54) is 18.4 Å². The SMILES string of the molecule is CN=C(NCCN(C(C)C)C1CC1)NCc1coc(-c2ccc(C)cc2)n1. The summed E-state index contributed by atoms with van der Waals surface area (Å²) < 4.78 is 5.61. The van der Waals surface area contributed by atoms with E-state index in [0.29, 0.717) is 18.5 Å². The van der Waals surface area contributed by atoms with Gasteiger partial charge in [-0.2, -0.15) is 0 Å². The van der Waals surface area contributed by atoms with E-state index in [-0.39, 0.29) is 0 Å². The molecule has 2 N–H and O–H groups in total. The molecule has 1 aliphatic carbocycles. The quantitative estimate of drug-likeness (QED) is 0.553. The van der Waals surface area contributed by atoms with E-state index in [9.17, 15) is 0 Å². The Morgan fingerprint density at radius 2 is 2.00 bits per heavy atom. The number of guanidine groups is 1. The van der Waals surface area contributed by atoms with Gasteiger partial charge in [0, 0.05) is 37.8 Å². The van der Waals surface area contributed by atoms with E-state index in [4.69, 9.17) is 4.42 Å². The molecule has 0 spiro atoms. The van der Waals surface area contributed by atoms with Gasteiger partial charge in [0.05, 0.1) is 12.2 Å². The van der Waals surface area contributed by atoms with Gasteiger partial charge >= 0.3 is 0 Å². The van der Waals surface area contributed by atoms with Crippen LogP contribution in [0.4, 0.5) is 0 Å². The van der Waals surface area contributed by atoms with Gasteiger partial charge in [0.2, 0.25) is 5.89 Å². The number of aryl methyl sites for hydroxylation is 1. The molecule has 6 heteroatoms. The van der Waals surface area contributed by atoms with Crippen molar-refractivity contribution in [3.63, 3.8) is 0 Å². The Morgan fingerprint density at radius 1 is 1.26 bits per heavy atom. The lowest BCUT2D eigenvalue weighted by Crippen LogP contribution is -2.43. The summed E-state index contributed by atoms with van der Waals surface area (Å²) >= 11 is 0. The van der Waals surface area contributed by atoms with Gasteiger partial charge in [0.1, 0.15) is 6.26 Å². The third-order valence-corrected chi connectivity index (χ3v) is 4.85. The first-order valence-corrected chi connectivity index (χ1v) is 9.78. The molecule has 0 radical (unpaired) electrons. The van der Waals surface area contributed by atoms with Crippen molar-refractivity contribution >= 4 is 5.96 Å². The summed E-state index contributed by atoms with van der Waals surface area (Å²) in [5.74, 6) is 1.43. The standard InChI is InChI=1S/C21H31N5O/c1-15(2)26(19-9-10-19)12-11-23-21(22-4)24-13-18-14-27-20(25-18)17-7-5-16(3)6-8-17/h5-8,14-15,19H,9-13H2,1-4H3,(H2,22,23,24). The van der Waals surface area contributed by atoms with Crippen LogP contribution in [-0.2, 0) is 6.54 Å². The molecule has 2 aromatic rings. The largest absolute Gasteiger partial charge is 0.444 e. The van der Waals surface area contributed by atoms with Crippen molar-refractivity contribution in [2.45, 2.75) is 52.2 Å². The lowest BCUT2D eigenvalue weighted by molar-refractivity contribution is 0.215. The number of oxazole rings is 1. The first-order valence-electron chi connectivity index (χ1n) is 9.78. The average molecular weight is 370 g/mol. The van der Waals surface area contributed by atoms with Crippen LogP contribution < -0.4 is 10.6 Å². The van der Waals surface area contributed by atoms with Gasteiger partial charge in [0.25, 0.3) is 0 Å². The minimum Gasteiger partial charge on any atom is -0.444 e. The molecule has 27 heavy (non-hydrogen) atoms. The first-order chi connectivity index (χ1) is 13.1. The number of aromatic nitrogens is 1. The highest BCUT2D eigenvalue weighted by atomic mass is 16.3. The average Bonchev–Trinajstić information content (AvgIpc) is 3.38. The third kappa shape index (κ3) is 5.57. The Hall–Kier alpha value is -2.34. The van der Waals surface area contributed by atoms with Gasteiger partial charge in [-0.15, -0.1) is 0 Å². The van der Waals surface area contributed by atoms with E-state index >= 15 is 0 Å². The van der Waals surface area contributed by atoms with Crippen molar-refractivity contribution in [2.75, 3.05) is 20.1 Å². The van der Waals surface area contributed by atoms with Crippen molar-refractivity contribution in [3.8, 4) is 11.5 Å². The minimum atomic E-state index is 0.575. The molecule has 146 valence electrons. The summed E-state index contributed by atoms with van der Waals surface area (Å²) in [4.78, 5) is 11.4. The molecule has 1 heterocycles. The van der Waals surface area contributed by atoms with Gasteiger partial charge in [-0.3, -0.25) is 9.89 Å². The highest BCUT2D eigenvalue weighted by Crippen LogP contribution is 2.27. The van der Waals surface area contributed by atoms with E-state index in [1.807, 2.05) is 12.1 Å². The van der Waals surface area contributed by atoms with E-state index in [1.54, 1.807) is 13.3 Å². The fourth-order valence-corrected chi connectivity index (χ4v) is 3.18. The molecule has 0 saturated heterocycles. The van der Waals surface area contributed by atoms with Crippen LogP contribution >= 0.6 is 0 Å². The van der Waals surface area contributed by atoms with E-state index < -0.39 is 0 Å². The van der Waals surface area contributed by atoms with Crippen molar-refractivity contribution in [2.24, 2.45) is 4.99 Å². The molecular weight excluding hydrogens is 338 g/mol. The number of hydrogen-bond acceptors (Lipinski definition) is 4. The van der Waals surface area contributed by atoms with E-state index in [2.05, 4.69) is 58.4 Å². The second kappa shape index (κ2) is 9.04. The van der Waals surface area contributed by atoms with E-state index in [0.717, 1.165) is 36.3 Å². The van der Waals surface area contributed by atoms with Gasteiger partial charge in [0.15, 0.2) is 5.96 Å². The summed E-state index contributed by atoms with van der Waals surface area (Å²) in [5.41, 5.74) is 3.07. The predicted molar refractivity (Wildman–Crippen MR) is 110 cm³/mol. The maximum atomic E-state index is 5.61. The molecule has 1 aliphatic rings. The first kappa shape index (κ1) is 19.4. The maximum Gasteiger partial charge on any atom is 0.226 e. The fourth-order valence-electron chi connectivity index (χ4n) is 3.18. The summed E-state index contributed by atoms with van der Waals surface area (Å²) in [7, 11) is 1.79. The van der Waals surface area contributed by atoms with Crippen molar-refractivity contribution in [1.29, 1.82) is 0 Å². The van der Waals surface area contributed by atoms with Crippen LogP contribution in [0.1, 0.15) is 37.9 Å². The minimum absolute atomic E-state index is 0.575. The zero-order chi connectivity index (χ0) is 19.2. The van der Waals surface area contributed by atoms with Crippen molar-refractivity contribution in [1.82, 2.24) is 20.5 Å². The predicted octanol–water partition coefficient (Wildman–Crippen LogP) is 3.19. The molecule has 1 aromatic heterocycles. The van der Waals surface area contributed by atoms with Gasteiger partial charge in [-0.1, -0.05) is 17.7 Å². The molecule has 0 amide bonds. The highest BCUT2D eigenvalue weighted by Gasteiger charge is 2.30. The molecule has 1 aromatic carbocycles. The molecular formula is C21H31N5O. The number of nitrogens with one attached hydrogen (secondary N) is 2. The zero-order valence-corrected chi connectivity index (χ0v) is 16.8. The summed E-state index contributed by atoms with van der Waals surface area (Å²) in [6.45, 7) is 9.08. The normalized spacial score (nSPS) is 14.8. The van der Waals surface area contributed by atoms with Crippen LogP contribution in [0.2, 0.25) is 0 Å². The number of benzene rings is 1. The monoisotopic (exact) mass is 369 g/mol. The lowest BCUT2D eigenvalue weighted by Gasteiger charge is -2.26. The summed E-state index contributed by atoms with van der Waals surface area (Å²) in [6.07, 6.45) is 4.37. The Kier molecular flexibility index (Phi) is 6.50. The van der Waals surface area contributed by atoms with Gasteiger partial charge in [-0.25, -0.2) is 4.98 Å². The number of rotatable bonds is 8. The van der Waals surface area contributed by atoms with Crippen LogP contribution in [0.5, 0.6) is 0 Å². The molecule has 0 unspecified atom stereocenters. The summed E-state index contributed by atoms with van der Waals surface area (Å²) in [5, 5.41) is 6.70. The van der Waals surface area contributed by atoms with Crippen LogP contribution in [0.3, 0.4) is 0 Å². The zero-order valence-electron chi connectivity index (χ0n) is 16.8. The molecule has 0 aliphatic heterocycles. The highest BCUT2D eigenvalue weighted by molar-refractivity contribution is 5.79. The van der Waals surface area contributed by atoms with Crippen LogP contribution in [0, 0.1) is 6.92 Å². The Labute approximate surface area is 162 Å². The third-order valence-electron chi connectivity index (χ3n) is 4.85. The molecule has 1 saturated carbocycles. The Morgan fingerprint density at radius 3 is 2.63 bits per heavy atom.